The average Bonchev–Trinajstić information content (AvgIpc) is 2.89. The maximum absolute atomic E-state index is 12.4. The third-order valence-corrected chi connectivity index (χ3v) is 6.00. The largest absolute Gasteiger partial charge is 0.494 e. The monoisotopic (exact) mass is 498 g/mol. The number of aryl methyl sites for hydroxylation is 1. The van der Waals surface area contributed by atoms with Crippen LogP contribution in [-0.4, -0.2) is 19.2 Å². The Kier molecular flexibility index (Phi) is 8.32. The molecule has 0 saturated heterocycles. The number of rotatable bonds is 10. The average molecular weight is 499 g/mol. The zero-order chi connectivity index (χ0) is 26.2. The van der Waals surface area contributed by atoms with Crippen molar-refractivity contribution in [2.24, 2.45) is 5.73 Å². The van der Waals surface area contributed by atoms with Crippen LogP contribution in [0.4, 0.5) is 0 Å². The SMILES string of the molecule is CCCCCOc1ccc(C2C(C#N)=C(N)Oc3cc(OC(=O)COc4cccc(C)c4)ccc32)cc1. The summed E-state index contributed by atoms with van der Waals surface area (Å²) >= 11 is 0. The van der Waals surface area contributed by atoms with Crippen molar-refractivity contribution in [3.8, 4) is 29.1 Å². The van der Waals surface area contributed by atoms with Crippen molar-refractivity contribution in [2.75, 3.05) is 13.2 Å². The van der Waals surface area contributed by atoms with Crippen molar-refractivity contribution in [1.29, 1.82) is 5.26 Å². The molecule has 7 nitrogen and oxygen atoms in total. The molecule has 37 heavy (non-hydrogen) atoms. The first-order chi connectivity index (χ1) is 18.0. The number of esters is 1. The van der Waals surface area contributed by atoms with E-state index in [1.165, 1.54) is 0 Å². The zero-order valence-corrected chi connectivity index (χ0v) is 21.0. The molecule has 1 aliphatic heterocycles. The molecule has 1 aliphatic rings. The fraction of sp³-hybridized carbons (Fsp3) is 0.267. The number of unbranched alkanes of at least 4 members (excludes halogenated alkanes) is 2. The summed E-state index contributed by atoms with van der Waals surface area (Å²) in [6.45, 7) is 4.53. The highest BCUT2D eigenvalue weighted by atomic mass is 16.6. The first-order valence-corrected chi connectivity index (χ1v) is 12.3. The Morgan fingerprint density at radius 2 is 1.78 bits per heavy atom. The molecule has 3 aromatic rings. The lowest BCUT2D eigenvalue weighted by atomic mass is 9.83. The van der Waals surface area contributed by atoms with Gasteiger partial charge < -0.3 is 24.7 Å². The first kappa shape index (κ1) is 25.6. The van der Waals surface area contributed by atoms with Gasteiger partial charge in [-0.2, -0.15) is 5.26 Å². The Labute approximate surface area is 217 Å². The number of nitriles is 1. The van der Waals surface area contributed by atoms with Gasteiger partial charge in [0.25, 0.3) is 0 Å². The number of allylic oxidation sites excluding steroid dienone is 1. The van der Waals surface area contributed by atoms with Gasteiger partial charge in [0.15, 0.2) is 6.61 Å². The lowest BCUT2D eigenvalue weighted by molar-refractivity contribution is -0.136. The molecule has 0 bridgehead atoms. The minimum absolute atomic E-state index is 0.0196. The Bertz CT molecular complexity index is 1320. The fourth-order valence-corrected chi connectivity index (χ4v) is 4.15. The van der Waals surface area contributed by atoms with Gasteiger partial charge in [-0.1, -0.05) is 50.1 Å². The Morgan fingerprint density at radius 3 is 2.51 bits per heavy atom. The van der Waals surface area contributed by atoms with Gasteiger partial charge in [0.05, 0.1) is 12.5 Å². The second-order valence-electron chi connectivity index (χ2n) is 8.83. The Morgan fingerprint density at radius 1 is 1.00 bits per heavy atom. The third kappa shape index (κ3) is 6.42. The van der Waals surface area contributed by atoms with E-state index in [-0.39, 0.29) is 12.5 Å². The summed E-state index contributed by atoms with van der Waals surface area (Å²) in [6.07, 6.45) is 3.27. The molecule has 0 amide bonds. The number of ether oxygens (including phenoxy) is 4. The molecule has 4 rings (SSSR count). The van der Waals surface area contributed by atoms with E-state index >= 15 is 0 Å². The number of carbonyl (C=O) groups excluding carboxylic acids is 1. The second-order valence-corrected chi connectivity index (χ2v) is 8.83. The highest BCUT2D eigenvalue weighted by molar-refractivity contribution is 5.74. The second kappa shape index (κ2) is 12.0. The summed E-state index contributed by atoms with van der Waals surface area (Å²) in [7, 11) is 0. The van der Waals surface area contributed by atoms with Gasteiger partial charge in [0.2, 0.25) is 5.88 Å². The maximum Gasteiger partial charge on any atom is 0.349 e. The van der Waals surface area contributed by atoms with Gasteiger partial charge in [-0.3, -0.25) is 0 Å². The number of benzene rings is 3. The topological polar surface area (TPSA) is 104 Å². The van der Waals surface area contributed by atoms with Crippen LogP contribution in [0.25, 0.3) is 0 Å². The summed E-state index contributed by atoms with van der Waals surface area (Å²) < 4.78 is 22.5. The van der Waals surface area contributed by atoms with E-state index in [4.69, 9.17) is 24.7 Å². The van der Waals surface area contributed by atoms with Crippen LogP contribution in [0.15, 0.2) is 78.2 Å². The molecule has 0 fully saturated rings. The number of nitrogens with two attached hydrogens (primary N) is 1. The molecule has 1 heterocycles. The van der Waals surface area contributed by atoms with Crippen molar-refractivity contribution in [1.82, 2.24) is 0 Å². The molecule has 190 valence electrons. The number of hydrogen-bond donors (Lipinski definition) is 1. The summed E-state index contributed by atoms with van der Waals surface area (Å²) in [4.78, 5) is 12.4. The number of hydrogen-bond acceptors (Lipinski definition) is 7. The predicted molar refractivity (Wildman–Crippen MR) is 140 cm³/mol. The molecule has 7 heteroatoms. The lowest BCUT2D eigenvalue weighted by Crippen LogP contribution is -2.21. The van der Waals surface area contributed by atoms with Crippen molar-refractivity contribution < 1.29 is 23.7 Å². The van der Waals surface area contributed by atoms with Gasteiger partial charge >= 0.3 is 5.97 Å². The van der Waals surface area contributed by atoms with Gasteiger partial charge in [0, 0.05) is 11.6 Å². The molecular weight excluding hydrogens is 468 g/mol. The molecule has 0 radical (unpaired) electrons. The highest BCUT2D eigenvalue weighted by Crippen LogP contribution is 2.43. The van der Waals surface area contributed by atoms with Crippen molar-refractivity contribution in [3.63, 3.8) is 0 Å². The summed E-state index contributed by atoms with van der Waals surface area (Å²) in [6, 6.07) is 22.3. The molecule has 0 saturated carbocycles. The van der Waals surface area contributed by atoms with Gasteiger partial charge in [0.1, 0.15) is 34.6 Å². The van der Waals surface area contributed by atoms with E-state index in [0.29, 0.717) is 29.4 Å². The van der Waals surface area contributed by atoms with Crippen LogP contribution < -0.4 is 24.7 Å². The number of nitrogens with zero attached hydrogens (tertiary/aromatic N) is 1. The molecule has 1 atom stereocenters. The highest BCUT2D eigenvalue weighted by Gasteiger charge is 2.31. The summed E-state index contributed by atoms with van der Waals surface area (Å²) in [5.74, 6) is 1.13. The van der Waals surface area contributed by atoms with Crippen molar-refractivity contribution >= 4 is 5.97 Å². The quantitative estimate of drug-likeness (QED) is 0.215. The Hall–Kier alpha value is -4.44. The van der Waals surface area contributed by atoms with E-state index in [9.17, 15) is 10.1 Å². The number of fused-ring (bicyclic) bond motifs is 1. The molecule has 2 N–H and O–H groups in total. The Balaban J connectivity index is 1.48. The van der Waals surface area contributed by atoms with E-state index in [1.807, 2.05) is 49.4 Å². The van der Waals surface area contributed by atoms with E-state index in [2.05, 4.69) is 13.0 Å². The lowest BCUT2D eigenvalue weighted by Gasteiger charge is -2.26. The van der Waals surface area contributed by atoms with Crippen molar-refractivity contribution in [3.05, 3.63) is 94.9 Å². The van der Waals surface area contributed by atoms with Crippen LogP contribution in [0.3, 0.4) is 0 Å². The van der Waals surface area contributed by atoms with Crippen LogP contribution in [0, 0.1) is 18.3 Å². The molecular formula is C30H30N2O5. The van der Waals surface area contributed by atoms with E-state index in [0.717, 1.165) is 41.7 Å². The van der Waals surface area contributed by atoms with Gasteiger partial charge in [-0.05, 0) is 54.8 Å². The molecule has 1 unspecified atom stereocenters. The number of carbonyl (C=O) groups is 1. The van der Waals surface area contributed by atoms with Crippen LogP contribution >= 0.6 is 0 Å². The van der Waals surface area contributed by atoms with Crippen molar-refractivity contribution in [2.45, 2.75) is 39.0 Å². The minimum atomic E-state index is -0.551. The summed E-state index contributed by atoms with van der Waals surface area (Å²) in [5, 5.41) is 9.81. The molecule has 0 aromatic heterocycles. The van der Waals surface area contributed by atoms with Crippen LogP contribution in [0.1, 0.15) is 48.8 Å². The molecule has 0 spiro atoms. The van der Waals surface area contributed by atoms with Gasteiger partial charge in [-0.15, -0.1) is 0 Å². The van der Waals surface area contributed by atoms with E-state index < -0.39 is 11.9 Å². The van der Waals surface area contributed by atoms with Crippen LogP contribution in [-0.2, 0) is 4.79 Å². The maximum atomic E-state index is 12.4. The molecule has 3 aromatic carbocycles. The molecule has 0 aliphatic carbocycles. The summed E-state index contributed by atoms with van der Waals surface area (Å²) in [5.41, 5.74) is 9.09. The smallest absolute Gasteiger partial charge is 0.349 e. The van der Waals surface area contributed by atoms with Crippen LogP contribution in [0.5, 0.6) is 23.0 Å². The first-order valence-electron chi connectivity index (χ1n) is 12.3. The zero-order valence-electron chi connectivity index (χ0n) is 21.0. The standard InChI is InChI=1S/C30H30N2O5/c1-3-4-5-15-34-22-11-9-21(10-12-22)29-25-14-13-24(17-27(25)37-30(32)26(29)18-31)36-28(33)19-35-23-8-6-7-20(2)16-23/h6-14,16-17,29H,3-5,15,19,32H2,1-2H3. The fourth-order valence-electron chi connectivity index (χ4n) is 4.15. The van der Waals surface area contributed by atoms with Crippen LogP contribution in [0.2, 0.25) is 0 Å². The predicted octanol–water partition coefficient (Wildman–Crippen LogP) is 5.77. The minimum Gasteiger partial charge on any atom is -0.494 e. The van der Waals surface area contributed by atoms with Gasteiger partial charge in [-0.25, -0.2) is 4.79 Å². The van der Waals surface area contributed by atoms with E-state index in [1.54, 1.807) is 24.3 Å². The third-order valence-electron chi connectivity index (χ3n) is 6.00. The normalized spacial score (nSPS) is 14.2.